The standard InChI is InChI=1S/C21H18N2S.2H2/c1-3-6-16-12-20(23-22-16)19-13-24-21-17(9-5-10-18(19)21)15-8-4-7-14(2)11-15;;/h3-13H,1-2H3,(H,22,23);2*1H/b6-3+;;. The SMILES string of the molecule is C/C=C/c1cc(-c2csc3c(-c4cccc(C)c4)cccc23)n[nH]1.[HH].[HH]. The third-order valence-electron chi connectivity index (χ3n) is 4.15. The number of benzene rings is 2. The molecule has 2 aromatic heterocycles. The van der Waals surface area contributed by atoms with E-state index in [0.29, 0.717) is 0 Å². The molecule has 2 heterocycles. The molecule has 2 nitrogen and oxygen atoms in total. The largest absolute Gasteiger partial charge is 0.278 e. The molecule has 0 radical (unpaired) electrons. The summed E-state index contributed by atoms with van der Waals surface area (Å²) in [5.74, 6) is 0. The van der Waals surface area contributed by atoms with Gasteiger partial charge in [-0.25, -0.2) is 0 Å². The van der Waals surface area contributed by atoms with Crippen LogP contribution in [0.1, 0.15) is 21.0 Å². The maximum atomic E-state index is 4.47. The van der Waals surface area contributed by atoms with Crippen LogP contribution in [0, 0.1) is 6.92 Å². The Kier molecular flexibility index (Phi) is 3.79. The molecule has 0 spiro atoms. The van der Waals surface area contributed by atoms with Gasteiger partial charge >= 0.3 is 0 Å². The van der Waals surface area contributed by atoms with Gasteiger partial charge in [0.1, 0.15) is 0 Å². The van der Waals surface area contributed by atoms with Crippen molar-refractivity contribution in [2.75, 3.05) is 0 Å². The van der Waals surface area contributed by atoms with Crippen LogP contribution in [0.15, 0.2) is 60.0 Å². The molecule has 0 bridgehead atoms. The van der Waals surface area contributed by atoms with E-state index >= 15 is 0 Å². The number of aryl methyl sites for hydroxylation is 1. The number of thiophene rings is 1. The second kappa shape index (κ2) is 6.10. The van der Waals surface area contributed by atoms with E-state index in [9.17, 15) is 0 Å². The van der Waals surface area contributed by atoms with Crippen molar-refractivity contribution >= 4 is 27.5 Å². The Balaban J connectivity index is 0.00000121. The lowest BCUT2D eigenvalue weighted by molar-refractivity contribution is 1.09. The number of nitrogens with zero attached hydrogens (tertiary/aromatic N) is 1. The van der Waals surface area contributed by atoms with E-state index in [2.05, 4.69) is 71.0 Å². The van der Waals surface area contributed by atoms with Gasteiger partial charge in [-0.05, 0) is 37.1 Å². The predicted molar refractivity (Wildman–Crippen MR) is 109 cm³/mol. The van der Waals surface area contributed by atoms with Crippen LogP contribution in [-0.2, 0) is 0 Å². The summed E-state index contributed by atoms with van der Waals surface area (Å²) in [7, 11) is 0. The Hall–Kier alpha value is -2.65. The fourth-order valence-electron chi connectivity index (χ4n) is 3.04. The molecule has 0 saturated carbocycles. The molecule has 4 rings (SSSR count). The van der Waals surface area contributed by atoms with E-state index < -0.39 is 0 Å². The summed E-state index contributed by atoms with van der Waals surface area (Å²) in [5.41, 5.74) is 7.06. The third-order valence-corrected chi connectivity index (χ3v) is 5.18. The van der Waals surface area contributed by atoms with Crippen LogP contribution < -0.4 is 0 Å². The van der Waals surface area contributed by atoms with Crippen LogP contribution in [0.3, 0.4) is 0 Å². The number of allylic oxidation sites excluding steroid dienone is 1. The van der Waals surface area contributed by atoms with Crippen molar-refractivity contribution in [1.82, 2.24) is 10.2 Å². The monoisotopic (exact) mass is 334 g/mol. The van der Waals surface area contributed by atoms with Crippen molar-refractivity contribution in [2.24, 2.45) is 0 Å². The van der Waals surface area contributed by atoms with Crippen LogP contribution in [0.25, 0.3) is 38.5 Å². The van der Waals surface area contributed by atoms with Gasteiger partial charge in [0.05, 0.1) is 11.4 Å². The molecule has 0 atom stereocenters. The van der Waals surface area contributed by atoms with Crippen molar-refractivity contribution in [3.63, 3.8) is 0 Å². The zero-order chi connectivity index (χ0) is 16.5. The molecule has 24 heavy (non-hydrogen) atoms. The Morgan fingerprint density at radius 2 is 1.96 bits per heavy atom. The highest BCUT2D eigenvalue weighted by molar-refractivity contribution is 7.18. The predicted octanol–water partition coefficient (Wildman–Crippen LogP) is 6.79. The van der Waals surface area contributed by atoms with E-state index in [-0.39, 0.29) is 2.85 Å². The Labute approximate surface area is 148 Å². The van der Waals surface area contributed by atoms with Gasteiger partial charge in [0.15, 0.2) is 0 Å². The molecular weight excluding hydrogens is 312 g/mol. The van der Waals surface area contributed by atoms with Gasteiger partial charge in [0, 0.05) is 23.9 Å². The summed E-state index contributed by atoms with van der Waals surface area (Å²) in [4.78, 5) is 0. The van der Waals surface area contributed by atoms with Crippen molar-refractivity contribution in [3.8, 4) is 22.4 Å². The van der Waals surface area contributed by atoms with Crippen molar-refractivity contribution < 1.29 is 2.85 Å². The summed E-state index contributed by atoms with van der Waals surface area (Å²) in [6.45, 7) is 4.14. The van der Waals surface area contributed by atoms with Crippen molar-refractivity contribution in [2.45, 2.75) is 13.8 Å². The fraction of sp³-hybridized carbons (Fsp3) is 0.0952. The molecule has 3 heteroatoms. The number of H-pyrrole nitrogens is 1. The molecule has 0 fully saturated rings. The first-order valence-corrected chi connectivity index (χ1v) is 8.90. The minimum atomic E-state index is 0. The first-order chi connectivity index (χ1) is 11.8. The molecule has 0 amide bonds. The van der Waals surface area contributed by atoms with Crippen molar-refractivity contribution in [1.29, 1.82) is 0 Å². The van der Waals surface area contributed by atoms with E-state index in [1.165, 1.54) is 32.3 Å². The molecule has 4 aromatic rings. The van der Waals surface area contributed by atoms with Crippen LogP contribution in [-0.4, -0.2) is 10.2 Å². The normalized spacial score (nSPS) is 11.6. The summed E-state index contributed by atoms with van der Waals surface area (Å²) in [5, 5.41) is 11.0. The van der Waals surface area contributed by atoms with Gasteiger partial charge in [-0.2, -0.15) is 5.10 Å². The summed E-state index contributed by atoms with van der Waals surface area (Å²) in [6.07, 6.45) is 4.04. The average Bonchev–Trinajstić information content (AvgIpc) is 3.21. The summed E-state index contributed by atoms with van der Waals surface area (Å²) < 4.78 is 1.31. The summed E-state index contributed by atoms with van der Waals surface area (Å²) in [6, 6.07) is 17.3. The zero-order valence-electron chi connectivity index (χ0n) is 13.7. The minimum absolute atomic E-state index is 0. The molecule has 0 unspecified atom stereocenters. The molecule has 0 saturated heterocycles. The lowest BCUT2D eigenvalue weighted by Gasteiger charge is -2.05. The Morgan fingerprint density at radius 3 is 2.79 bits per heavy atom. The molecular formula is C21H22N2S. The highest BCUT2D eigenvalue weighted by atomic mass is 32.1. The lowest BCUT2D eigenvalue weighted by Crippen LogP contribution is -1.81. The molecule has 0 aliphatic heterocycles. The van der Waals surface area contributed by atoms with Gasteiger partial charge in [0.25, 0.3) is 0 Å². The number of nitrogens with one attached hydrogen (secondary N) is 1. The second-order valence-corrected chi connectivity index (χ2v) is 6.79. The minimum Gasteiger partial charge on any atom is -0.278 e. The van der Waals surface area contributed by atoms with Crippen LogP contribution in [0.2, 0.25) is 0 Å². The number of hydrogen-bond donors (Lipinski definition) is 1. The van der Waals surface area contributed by atoms with E-state index in [1.807, 2.05) is 19.1 Å². The molecule has 0 aliphatic carbocycles. The maximum Gasteiger partial charge on any atom is 0.0941 e. The molecule has 1 N–H and O–H groups in total. The molecule has 0 aliphatic rings. The molecule has 122 valence electrons. The van der Waals surface area contributed by atoms with Gasteiger partial charge in [-0.3, -0.25) is 5.10 Å². The highest BCUT2D eigenvalue weighted by Crippen LogP contribution is 2.39. The topological polar surface area (TPSA) is 28.7 Å². The van der Waals surface area contributed by atoms with E-state index in [4.69, 9.17) is 0 Å². The van der Waals surface area contributed by atoms with Gasteiger partial charge in [-0.1, -0.05) is 54.1 Å². The van der Waals surface area contributed by atoms with Crippen LogP contribution in [0.4, 0.5) is 0 Å². The fourth-order valence-corrected chi connectivity index (χ4v) is 4.14. The quantitative estimate of drug-likeness (QED) is 0.439. The smallest absolute Gasteiger partial charge is 0.0941 e. The lowest BCUT2D eigenvalue weighted by atomic mass is 10.0. The number of fused-ring (bicyclic) bond motifs is 1. The van der Waals surface area contributed by atoms with Gasteiger partial charge < -0.3 is 0 Å². The second-order valence-electron chi connectivity index (χ2n) is 5.91. The maximum absolute atomic E-state index is 4.47. The summed E-state index contributed by atoms with van der Waals surface area (Å²) >= 11 is 1.79. The average molecular weight is 334 g/mol. The first kappa shape index (κ1) is 14.9. The molecule has 2 aromatic carbocycles. The Bertz CT molecular complexity index is 1050. The van der Waals surface area contributed by atoms with E-state index in [1.54, 1.807) is 11.3 Å². The van der Waals surface area contributed by atoms with Crippen molar-refractivity contribution in [3.05, 3.63) is 71.2 Å². The van der Waals surface area contributed by atoms with Crippen LogP contribution >= 0.6 is 11.3 Å². The zero-order valence-corrected chi connectivity index (χ0v) is 14.5. The van der Waals surface area contributed by atoms with Gasteiger partial charge in [-0.15, -0.1) is 11.3 Å². The Morgan fingerprint density at radius 1 is 1.08 bits per heavy atom. The number of hydrogen-bond acceptors (Lipinski definition) is 2. The van der Waals surface area contributed by atoms with Crippen LogP contribution in [0.5, 0.6) is 0 Å². The number of aromatic nitrogens is 2. The number of aromatic amines is 1. The highest BCUT2D eigenvalue weighted by Gasteiger charge is 2.12. The number of rotatable bonds is 3. The third kappa shape index (κ3) is 2.57. The van der Waals surface area contributed by atoms with Gasteiger partial charge in [0.2, 0.25) is 0 Å². The first-order valence-electron chi connectivity index (χ1n) is 8.02. The van der Waals surface area contributed by atoms with E-state index in [0.717, 1.165) is 11.4 Å².